The van der Waals surface area contributed by atoms with Crippen LogP contribution >= 0.6 is 11.6 Å². The first kappa shape index (κ1) is 14.9. The normalized spacial score (nSPS) is 19.0. The molecule has 0 spiro atoms. The number of carbonyl (C=O) groups excluding carboxylic acids is 1. The maximum absolute atomic E-state index is 11.8. The minimum atomic E-state index is -0.491. The highest BCUT2D eigenvalue weighted by molar-refractivity contribution is 6.29. The molecule has 1 atom stereocenters. The van der Waals surface area contributed by atoms with Crippen molar-refractivity contribution < 1.29 is 9.53 Å². The van der Waals surface area contributed by atoms with Gasteiger partial charge in [0.2, 0.25) is 0 Å². The van der Waals surface area contributed by atoms with Crippen molar-refractivity contribution in [3.63, 3.8) is 0 Å². The first-order valence-electron chi connectivity index (χ1n) is 6.73. The van der Waals surface area contributed by atoms with Gasteiger partial charge in [-0.05, 0) is 45.7 Å². The highest BCUT2D eigenvalue weighted by Gasteiger charge is 2.28. The first-order valence-corrected chi connectivity index (χ1v) is 7.11. The Labute approximate surface area is 124 Å². The molecule has 1 aliphatic heterocycles. The highest BCUT2D eigenvalue weighted by atomic mass is 35.5. The largest absolute Gasteiger partial charge is 0.444 e. The number of rotatable bonds is 2. The smallest absolute Gasteiger partial charge is 0.409 e. The lowest BCUT2D eigenvalue weighted by molar-refractivity contribution is 0.0506. The zero-order valence-electron chi connectivity index (χ0n) is 12.0. The molecular weight excluding hydrogens is 278 g/mol. The quantitative estimate of drug-likeness (QED) is 0.852. The third kappa shape index (κ3) is 4.00. The summed E-state index contributed by atoms with van der Waals surface area (Å²) >= 11 is 5.79. The van der Waals surface area contributed by atoms with Gasteiger partial charge < -0.3 is 15.0 Å². The lowest BCUT2D eigenvalue weighted by Crippen LogP contribution is -2.46. The molecule has 1 amide bonds. The van der Waals surface area contributed by atoms with Gasteiger partial charge in [-0.2, -0.15) is 0 Å². The Morgan fingerprint density at radius 2 is 2.25 bits per heavy atom. The number of pyridine rings is 1. The predicted molar refractivity (Wildman–Crippen MR) is 79.0 cm³/mol. The Morgan fingerprint density at radius 3 is 2.85 bits per heavy atom. The van der Waals surface area contributed by atoms with Gasteiger partial charge in [0.25, 0.3) is 0 Å². The molecule has 1 aliphatic rings. The molecule has 0 aliphatic carbocycles. The zero-order chi connectivity index (χ0) is 14.8. The van der Waals surface area contributed by atoms with Crippen LogP contribution in [0.4, 0.5) is 10.5 Å². The number of amides is 1. The monoisotopic (exact) mass is 297 g/mol. The third-order valence-electron chi connectivity index (χ3n) is 2.98. The number of nitrogens with zero attached hydrogens (tertiary/aromatic N) is 2. The molecule has 2 rings (SSSR count). The van der Waals surface area contributed by atoms with Crippen LogP contribution in [0.3, 0.4) is 0 Å². The number of hydrogen-bond donors (Lipinski definition) is 1. The molecule has 1 fully saturated rings. The lowest BCUT2D eigenvalue weighted by Gasteiger charge is -2.28. The molecule has 0 radical (unpaired) electrons. The average Bonchev–Trinajstić information content (AvgIpc) is 2.75. The van der Waals surface area contributed by atoms with E-state index in [1.165, 1.54) is 0 Å². The van der Waals surface area contributed by atoms with Crippen LogP contribution in [-0.2, 0) is 4.74 Å². The van der Waals surface area contributed by atoms with Crippen molar-refractivity contribution in [1.82, 2.24) is 10.3 Å². The van der Waals surface area contributed by atoms with E-state index in [9.17, 15) is 4.79 Å². The van der Waals surface area contributed by atoms with Crippen LogP contribution in [0.2, 0.25) is 5.15 Å². The number of hydrogen-bond acceptors (Lipinski definition) is 4. The van der Waals surface area contributed by atoms with E-state index >= 15 is 0 Å². The van der Waals surface area contributed by atoms with Crippen LogP contribution in [0.5, 0.6) is 0 Å². The van der Waals surface area contributed by atoms with E-state index in [-0.39, 0.29) is 6.17 Å². The summed E-state index contributed by atoms with van der Waals surface area (Å²) in [5.74, 6) is 0. The standard InChI is InChI=1S/C14H20ClN3O2/c1-14(2,3)20-13(19)17-12-5-4-8-18(12)10-6-7-11(15)16-9-10/h6-7,9,12H,4-5,8H2,1-3H3,(H,17,19). The Kier molecular flexibility index (Phi) is 4.38. The van der Waals surface area contributed by atoms with Gasteiger partial charge >= 0.3 is 6.09 Å². The number of nitrogens with one attached hydrogen (secondary N) is 1. The summed E-state index contributed by atoms with van der Waals surface area (Å²) < 4.78 is 5.29. The van der Waals surface area contributed by atoms with Crippen LogP contribution in [0.25, 0.3) is 0 Å². The Balaban J connectivity index is 2.00. The van der Waals surface area contributed by atoms with E-state index in [0.717, 1.165) is 25.1 Å². The fourth-order valence-corrected chi connectivity index (χ4v) is 2.32. The van der Waals surface area contributed by atoms with Gasteiger partial charge in [-0.1, -0.05) is 11.6 Å². The average molecular weight is 298 g/mol. The van der Waals surface area contributed by atoms with Gasteiger partial charge in [0.15, 0.2) is 0 Å². The van der Waals surface area contributed by atoms with Gasteiger partial charge in [0.05, 0.1) is 11.9 Å². The summed E-state index contributed by atoms with van der Waals surface area (Å²) in [4.78, 5) is 18.0. The minimum Gasteiger partial charge on any atom is -0.444 e. The van der Waals surface area contributed by atoms with E-state index < -0.39 is 11.7 Å². The molecule has 1 aromatic heterocycles. The van der Waals surface area contributed by atoms with Crippen LogP contribution in [0, 0.1) is 0 Å². The van der Waals surface area contributed by atoms with E-state index in [0.29, 0.717) is 5.15 Å². The summed E-state index contributed by atoms with van der Waals surface area (Å²) in [5, 5.41) is 3.37. The SMILES string of the molecule is CC(C)(C)OC(=O)NC1CCCN1c1ccc(Cl)nc1. The second kappa shape index (κ2) is 5.87. The van der Waals surface area contributed by atoms with Crippen molar-refractivity contribution in [3.8, 4) is 0 Å². The van der Waals surface area contributed by atoms with Gasteiger partial charge in [-0.3, -0.25) is 0 Å². The van der Waals surface area contributed by atoms with Crippen molar-refractivity contribution in [2.75, 3.05) is 11.4 Å². The number of ether oxygens (including phenoxy) is 1. The summed E-state index contributed by atoms with van der Waals surface area (Å²) in [5.41, 5.74) is 0.461. The molecule has 110 valence electrons. The summed E-state index contributed by atoms with van der Waals surface area (Å²) in [6.07, 6.45) is 3.17. The Hall–Kier alpha value is -1.49. The highest BCUT2D eigenvalue weighted by Crippen LogP contribution is 2.24. The third-order valence-corrected chi connectivity index (χ3v) is 3.20. The molecule has 1 unspecified atom stereocenters. The van der Waals surface area contributed by atoms with Crippen LogP contribution < -0.4 is 10.2 Å². The number of anilines is 1. The predicted octanol–water partition coefficient (Wildman–Crippen LogP) is 3.19. The molecule has 2 heterocycles. The zero-order valence-corrected chi connectivity index (χ0v) is 12.8. The topological polar surface area (TPSA) is 54.5 Å². The van der Waals surface area contributed by atoms with Crippen molar-refractivity contribution in [1.29, 1.82) is 0 Å². The maximum atomic E-state index is 11.8. The van der Waals surface area contributed by atoms with Gasteiger partial charge in [0.1, 0.15) is 16.9 Å². The molecular formula is C14H20ClN3O2. The molecule has 0 aromatic carbocycles. The molecule has 20 heavy (non-hydrogen) atoms. The molecule has 1 N–H and O–H groups in total. The van der Waals surface area contributed by atoms with Crippen molar-refractivity contribution >= 4 is 23.4 Å². The maximum Gasteiger partial charge on any atom is 0.409 e. The van der Waals surface area contributed by atoms with Crippen LogP contribution in [0.1, 0.15) is 33.6 Å². The second-order valence-electron chi connectivity index (χ2n) is 5.84. The molecule has 0 bridgehead atoms. The number of halogens is 1. The number of carbonyl (C=O) groups is 1. The Bertz CT molecular complexity index is 470. The van der Waals surface area contributed by atoms with E-state index in [1.54, 1.807) is 12.3 Å². The molecule has 5 nitrogen and oxygen atoms in total. The van der Waals surface area contributed by atoms with Gasteiger partial charge in [-0.25, -0.2) is 9.78 Å². The van der Waals surface area contributed by atoms with Crippen LogP contribution in [-0.4, -0.2) is 29.4 Å². The molecule has 1 saturated heterocycles. The Morgan fingerprint density at radius 1 is 1.50 bits per heavy atom. The van der Waals surface area contributed by atoms with E-state index in [2.05, 4.69) is 15.2 Å². The fraction of sp³-hybridized carbons (Fsp3) is 0.571. The first-order chi connectivity index (χ1) is 9.35. The number of aromatic nitrogens is 1. The van der Waals surface area contributed by atoms with Crippen LogP contribution in [0.15, 0.2) is 18.3 Å². The molecule has 1 aromatic rings. The molecule has 6 heteroatoms. The summed E-state index contributed by atoms with van der Waals surface area (Å²) in [6.45, 7) is 6.43. The van der Waals surface area contributed by atoms with Crippen molar-refractivity contribution in [3.05, 3.63) is 23.5 Å². The second-order valence-corrected chi connectivity index (χ2v) is 6.22. The van der Waals surface area contributed by atoms with E-state index in [1.807, 2.05) is 26.8 Å². The van der Waals surface area contributed by atoms with Gasteiger partial charge in [0, 0.05) is 6.54 Å². The lowest BCUT2D eigenvalue weighted by atomic mass is 10.2. The summed E-state index contributed by atoms with van der Waals surface area (Å²) in [7, 11) is 0. The van der Waals surface area contributed by atoms with E-state index in [4.69, 9.17) is 16.3 Å². The van der Waals surface area contributed by atoms with Gasteiger partial charge in [-0.15, -0.1) is 0 Å². The van der Waals surface area contributed by atoms with Crippen molar-refractivity contribution in [2.45, 2.75) is 45.4 Å². The molecule has 0 saturated carbocycles. The minimum absolute atomic E-state index is 0.0622. The summed E-state index contributed by atoms with van der Waals surface area (Å²) in [6, 6.07) is 3.66. The number of alkyl carbamates (subject to hydrolysis) is 1. The fourth-order valence-electron chi connectivity index (χ4n) is 2.21. The van der Waals surface area contributed by atoms with Crippen molar-refractivity contribution in [2.24, 2.45) is 0 Å².